The predicted molar refractivity (Wildman–Crippen MR) is 76.9 cm³/mol. The van der Waals surface area contributed by atoms with Crippen molar-refractivity contribution in [2.75, 3.05) is 13.6 Å². The smallest absolute Gasteiger partial charge is 0.00519 e. The summed E-state index contributed by atoms with van der Waals surface area (Å²) in [5.74, 6) is 0. The molecule has 0 aliphatic rings. The molecule has 0 bridgehead atoms. The predicted octanol–water partition coefficient (Wildman–Crippen LogP) is 3.85. The van der Waals surface area contributed by atoms with E-state index in [1.807, 2.05) is 7.05 Å². The van der Waals surface area contributed by atoms with Crippen molar-refractivity contribution in [2.45, 2.75) is 53.4 Å². The van der Waals surface area contributed by atoms with E-state index in [9.17, 15) is 0 Å². The normalized spacial score (nSPS) is 10.9. The van der Waals surface area contributed by atoms with Crippen LogP contribution in [-0.2, 0) is 6.42 Å². The average Bonchev–Trinajstić information content (AvgIpc) is 2.30. The van der Waals surface area contributed by atoms with Crippen LogP contribution in [0.3, 0.4) is 0 Å². The Morgan fingerprint density at radius 1 is 0.882 bits per heavy atom. The van der Waals surface area contributed by atoms with Gasteiger partial charge in [0.1, 0.15) is 0 Å². The highest BCUT2D eigenvalue weighted by Crippen LogP contribution is 2.23. The van der Waals surface area contributed by atoms with E-state index in [4.69, 9.17) is 0 Å². The summed E-state index contributed by atoms with van der Waals surface area (Å²) in [6.07, 6.45) is 5.17. The van der Waals surface area contributed by atoms with Gasteiger partial charge >= 0.3 is 0 Å². The molecule has 0 unspecified atom stereocenters. The number of unbranched alkanes of at least 4 members (excludes halogenated alkanes) is 2. The first-order chi connectivity index (χ1) is 8.07. The summed E-state index contributed by atoms with van der Waals surface area (Å²) in [7, 11) is 2.03. The summed E-state index contributed by atoms with van der Waals surface area (Å²) >= 11 is 0. The van der Waals surface area contributed by atoms with E-state index in [2.05, 4.69) is 39.1 Å². The lowest BCUT2D eigenvalue weighted by atomic mass is 9.91. The van der Waals surface area contributed by atoms with Gasteiger partial charge in [0.25, 0.3) is 0 Å². The van der Waals surface area contributed by atoms with E-state index >= 15 is 0 Å². The second-order valence-electron chi connectivity index (χ2n) is 5.15. The van der Waals surface area contributed by atoms with Gasteiger partial charge in [-0.15, -0.1) is 0 Å². The fraction of sp³-hybridized carbons (Fsp3) is 0.625. The molecule has 96 valence electrons. The summed E-state index contributed by atoms with van der Waals surface area (Å²) in [6.45, 7) is 10.1. The summed E-state index contributed by atoms with van der Waals surface area (Å²) in [5.41, 5.74) is 7.48. The molecule has 0 atom stereocenters. The first-order valence-corrected chi connectivity index (χ1v) is 6.78. The van der Waals surface area contributed by atoms with Crippen molar-refractivity contribution in [3.05, 3.63) is 33.9 Å². The van der Waals surface area contributed by atoms with Crippen LogP contribution < -0.4 is 5.32 Å². The summed E-state index contributed by atoms with van der Waals surface area (Å²) in [6, 6.07) is 2.31. The van der Waals surface area contributed by atoms with Gasteiger partial charge in [0.05, 0.1) is 0 Å². The Morgan fingerprint density at radius 3 is 2.00 bits per heavy atom. The molecule has 0 fully saturated rings. The van der Waals surface area contributed by atoms with E-state index < -0.39 is 0 Å². The van der Waals surface area contributed by atoms with E-state index in [1.54, 1.807) is 5.56 Å². The van der Waals surface area contributed by atoms with Gasteiger partial charge in [-0.05, 0) is 88.4 Å². The SMILES string of the molecule is CNCCCCCc1c(C)c(C)cc(C)c1C. The van der Waals surface area contributed by atoms with E-state index in [0.717, 1.165) is 6.54 Å². The van der Waals surface area contributed by atoms with Crippen molar-refractivity contribution in [1.29, 1.82) is 0 Å². The number of hydrogen-bond donors (Lipinski definition) is 1. The Labute approximate surface area is 107 Å². The molecule has 0 radical (unpaired) electrons. The quantitative estimate of drug-likeness (QED) is 0.736. The van der Waals surface area contributed by atoms with E-state index in [0.29, 0.717) is 0 Å². The zero-order valence-electron chi connectivity index (χ0n) is 12.1. The lowest BCUT2D eigenvalue weighted by molar-refractivity contribution is 0.640. The Morgan fingerprint density at radius 2 is 1.47 bits per heavy atom. The molecule has 1 aromatic carbocycles. The molecule has 0 aliphatic heterocycles. The Balaban J connectivity index is 2.64. The van der Waals surface area contributed by atoms with Crippen LogP contribution in [0, 0.1) is 27.7 Å². The van der Waals surface area contributed by atoms with E-state index in [-0.39, 0.29) is 0 Å². The van der Waals surface area contributed by atoms with Crippen molar-refractivity contribution in [3.8, 4) is 0 Å². The van der Waals surface area contributed by atoms with Crippen LogP contribution >= 0.6 is 0 Å². The summed E-state index contributed by atoms with van der Waals surface area (Å²) in [4.78, 5) is 0. The van der Waals surface area contributed by atoms with Crippen molar-refractivity contribution in [1.82, 2.24) is 5.32 Å². The molecule has 0 saturated carbocycles. The van der Waals surface area contributed by atoms with Crippen LogP contribution in [0.2, 0.25) is 0 Å². The van der Waals surface area contributed by atoms with Crippen LogP contribution in [0.5, 0.6) is 0 Å². The minimum absolute atomic E-state index is 1.14. The molecule has 1 N–H and O–H groups in total. The van der Waals surface area contributed by atoms with Crippen LogP contribution in [0.4, 0.5) is 0 Å². The molecule has 17 heavy (non-hydrogen) atoms. The van der Waals surface area contributed by atoms with Crippen LogP contribution in [0.25, 0.3) is 0 Å². The molecule has 0 amide bonds. The van der Waals surface area contributed by atoms with Gasteiger partial charge in [0.2, 0.25) is 0 Å². The average molecular weight is 233 g/mol. The first kappa shape index (κ1) is 14.2. The highest BCUT2D eigenvalue weighted by atomic mass is 14.8. The fourth-order valence-electron chi connectivity index (χ4n) is 2.45. The van der Waals surface area contributed by atoms with Crippen molar-refractivity contribution >= 4 is 0 Å². The second-order valence-corrected chi connectivity index (χ2v) is 5.15. The topological polar surface area (TPSA) is 12.0 Å². The number of aryl methyl sites for hydroxylation is 2. The minimum Gasteiger partial charge on any atom is -0.320 e. The van der Waals surface area contributed by atoms with Gasteiger partial charge in [0.15, 0.2) is 0 Å². The van der Waals surface area contributed by atoms with Gasteiger partial charge in [-0.2, -0.15) is 0 Å². The lowest BCUT2D eigenvalue weighted by Crippen LogP contribution is -2.07. The number of benzene rings is 1. The summed E-state index contributed by atoms with van der Waals surface area (Å²) in [5, 5.41) is 3.21. The standard InChI is InChI=1S/C16H27N/c1-12-11-13(2)15(4)16(14(12)3)9-7-6-8-10-17-5/h11,17H,6-10H2,1-5H3. The maximum absolute atomic E-state index is 3.21. The highest BCUT2D eigenvalue weighted by molar-refractivity contribution is 5.43. The fourth-order valence-corrected chi connectivity index (χ4v) is 2.45. The largest absolute Gasteiger partial charge is 0.320 e. The van der Waals surface area contributed by atoms with Gasteiger partial charge in [0, 0.05) is 0 Å². The van der Waals surface area contributed by atoms with Gasteiger partial charge in [-0.25, -0.2) is 0 Å². The molecule has 1 nitrogen and oxygen atoms in total. The first-order valence-electron chi connectivity index (χ1n) is 6.78. The molecular formula is C16H27N. The van der Waals surface area contributed by atoms with Crippen LogP contribution in [0.1, 0.15) is 47.1 Å². The maximum atomic E-state index is 3.21. The van der Waals surface area contributed by atoms with Gasteiger partial charge in [-0.3, -0.25) is 0 Å². The number of rotatable bonds is 6. The van der Waals surface area contributed by atoms with E-state index in [1.165, 1.54) is 47.9 Å². The molecule has 1 rings (SSSR count). The Hall–Kier alpha value is -0.820. The Bertz CT molecular complexity index is 340. The Kier molecular flexibility index (Phi) is 5.70. The lowest BCUT2D eigenvalue weighted by Gasteiger charge is -2.15. The van der Waals surface area contributed by atoms with Crippen LogP contribution in [0.15, 0.2) is 6.07 Å². The molecule has 0 saturated heterocycles. The zero-order chi connectivity index (χ0) is 12.8. The molecule has 0 heterocycles. The van der Waals surface area contributed by atoms with Crippen molar-refractivity contribution in [3.63, 3.8) is 0 Å². The molecule has 0 aromatic heterocycles. The molecule has 1 aromatic rings. The summed E-state index contributed by atoms with van der Waals surface area (Å²) < 4.78 is 0. The number of nitrogens with one attached hydrogen (secondary N) is 1. The van der Waals surface area contributed by atoms with Gasteiger partial charge in [-0.1, -0.05) is 12.5 Å². The highest BCUT2D eigenvalue weighted by Gasteiger charge is 2.07. The second kappa shape index (κ2) is 6.80. The zero-order valence-corrected chi connectivity index (χ0v) is 12.1. The third-order valence-electron chi connectivity index (χ3n) is 3.87. The molecule has 1 heteroatoms. The minimum atomic E-state index is 1.14. The number of hydrogen-bond acceptors (Lipinski definition) is 1. The van der Waals surface area contributed by atoms with Crippen molar-refractivity contribution < 1.29 is 0 Å². The van der Waals surface area contributed by atoms with Gasteiger partial charge < -0.3 is 5.32 Å². The third-order valence-corrected chi connectivity index (χ3v) is 3.87. The molecule has 0 spiro atoms. The van der Waals surface area contributed by atoms with Crippen molar-refractivity contribution in [2.24, 2.45) is 0 Å². The monoisotopic (exact) mass is 233 g/mol. The maximum Gasteiger partial charge on any atom is -0.00519 e. The van der Waals surface area contributed by atoms with Crippen LogP contribution in [-0.4, -0.2) is 13.6 Å². The molecule has 0 aliphatic carbocycles. The third kappa shape index (κ3) is 3.85. The molecular weight excluding hydrogens is 206 g/mol.